The van der Waals surface area contributed by atoms with Crippen molar-refractivity contribution in [1.29, 1.82) is 0 Å². The Balaban J connectivity index is 2.17. The summed E-state index contributed by atoms with van der Waals surface area (Å²) in [6.07, 6.45) is 4.53. The van der Waals surface area contributed by atoms with Gasteiger partial charge in [-0.3, -0.25) is 0 Å². The molecule has 0 saturated carbocycles. The number of hydrogen-bond donors (Lipinski definition) is 0. The molecule has 0 unspecified atom stereocenters. The number of nitrogens with zero attached hydrogens (tertiary/aromatic N) is 2. The summed E-state index contributed by atoms with van der Waals surface area (Å²) >= 11 is 0. The molecule has 4 nitrogen and oxygen atoms in total. The fraction of sp³-hybridized carbons (Fsp3) is 0.357. The summed E-state index contributed by atoms with van der Waals surface area (Å²) in [6.45, 7) is 5.40. The van der Waals surface area contributed by atoms with Crippen molar-refractivity contribution in [3.63, 3.8) is 0 Å². The molecule has 2 rings (SSSR count). The number of rotatable bonds is 6. The minimum absolute atomic E-state index is 0.674. The second kappa shape index (κ2) is 6.10. The van der Waals surface area contributed by atoms with Crippen LogP contribution in [0, 0.1) is 0 Å². The molecule has 2 aromatic rings. The van der Waals surface area contributed by atoms with Crippen LogP contribution in [0.4, 0.5) is 0 Å². The van der Waals surface area contributed by atoms with Crippen LogP contribution in [-0.2, 0) is 0 Å². The molecule has 0 aliphatic heterocycles. The lowest BCUT2D eigenvalue weighted by molar-refractivity contribution is 0.114. The van der Waals surface area contributed by atoms with Crippen molar-refractivity contribution in [1.82, 2.24) is 9.71 Å². The zero-order chi connectivity index (χ0) is 12.8. The number of imidazole rings is 1. The van der Waals surface area contributed by atoms with Gasteiger partial charge < -0.3 is 9.57 Å². The minimum atomic E-state index is 0.674. The molecule has 0 fully saturated rings. The van der Waals surface area contributed by atoms with Crippen LogP contribution < -0.4 is 9.57 Å². The summed E-state index contributed by atoms with van der Waals surface area (Å²) in [5.74, 6) is 1.68. The summed E-state index contributed by atoms with van der Waals surface area (Å²) in [5.41, 5.74) is 1.01. The fourth-order valence-corrected chi connectivity index (χ4v) is 1.65. The van der Waals surface area contributed by atoms with E-state index >= 15 is 0 Å². The fourth-order valence-electron chi connectivity index (χ4n) is 1.65. The molecule has 96 valence electrons. The molecular formula is C14H18N2O2. The Bertz CT molecular complexity index is 477. The van der Waals surface area contributed by atoms with Crippen molar-refractivity contribution in [3.05, 3.63) is 36.7 Å². The summed E-state index contributed by atoms with van der Waals surface area (Å²) in [5, 5.41) is 0. The number of aromatic nitrogens is 2. The molecular weight excluding hydrogens is 228 g/mol. The third kappa shape index (κ3) is 2.83. The van der Waals surface area contributed by atoms with Crippen LogP contribution in [0.15, 0.2) is 36.7 Å². The average molecular weight is 246 g/mol. The van der Waals surface area contributed by atoms with Crippen molar-refractivity contribution >= 4 is 0 Å². The zero-order valence-electron chi connectivity index (χ0n) is 10.8. The maximum Gasteiger partial charge on any atom is 0.175 e. The van der Waals surface area contributed by atoms with E-state index in [1.165, 1.54) is 0 Å². The normalized spacial score (nSPS) is 10.3. The van der Waals surface area contributed by atoms with E-state index in [9.17, 15) is 0 Å². The van der Waals surface area contributed by atoms with E-state index in [0.717, 1.165) is 23.6 Å². The first kappa shape index (κ1) is 12.5. The standard InChI is InChI=1S/C14H18N2O2/c1-3-11-18-16-10-9-15-14(16)12-5-7-13(8-6-12)17-4-2/h5-10H,3-4,11H2,1-2H3. The van der Waals surface area contributed by atoms with E-state index in [0.29, 0.717) is 13.2 Å². The van der Waals surface area contributed by atoms with Crippen LogP contribution in [0.2, 0.25) is 0 Å². The van der Waals surface area contributed by atoms with E-state index < -0.39 is 0 Å². The first-order valence-electron chi connectivity index (χ1n) is 6.25. The van der Waals surface area contributed by atoms with Gasteiger partial charge in [0.2, 0.25) is 0 Å². The highest BCUT2D eigenvalue weighted by Gasteiger charge is 2.06. The van der Waals surface area contributed by atoms with Crippen LogP contribution in [0.5, 0.6) is 5.75 Å². The van der Waals surface area contributed by atoms with E-state index in [1.807, 2.05) is 37.4 Å². The highest BCUT2D eigenvalue weighted by atomic mass is 16.7. The molecule has 0 saturated heterocycles. The van der Waals surface area contributed by atoms with Gasteiger partial charge in [0.25, 0.3) is 0 Å². The predicted octanol–water partition coefficient (Wildman–Crippen LogP) is 2.79. The third-order valence-electron chi connectivity index (χ3n) is 2.47. The number of benzene rings is 1. The van der Waals surface area contributed by atoms with Crippen LogP contribution in [-0.4, -0.2) is 22.9 Å². The quantitative estimate of drug-likeness (QED) is 0.786. The molecule has 0 spiro atoms. The maximum absolute atomic E-state index is 5.58. The highest BCUT2D eigenvalue weighted by molar-refractivity contribution is 5.56. The summed E-state index contributed by atoms with van der Waals surface area (Å²) in [6, 6.07) is 7.85. The van der Waals surface area contributed by atoms with Gasteiger partial charge in [-0.05, 0) is 37.6 Å². The molecule has 0 aliphatic carbocycles. The Kier molecular flexibility index (Phi) is 4.23. The van der Waals surface area contributed by atoms with Gasteiger partial charge in [-0.1, -0.05) is 6.92 Å². The van der Waals surface area contributed by atoms with Crippen LogP contribution in [0.25, 0.3) is 11.4 Å². The maximum atomic E-state index is 5.58. The number of hydrogen-bond acceptors (Lipinski definition) is 3. The first-order chi connectivity index (χ1) is 8.85. The summed E-state index contributed by atoms with van der Waals surface area (Å²) in [7, 11) is 0. The monoisotopic (exact) mass is 246 g/mol. The second-order valence-electron chi connectivity index (χ2n) is 3.87. The van der Waals surface area contributed by atoms with Crippen molar-refractivity contribution in [3.8, 4) is 17.1 Å². The lowest BCUT2D eigenvalue weighted by Crippen LogP contribution is -2.12. The van der Waals surface area contributed by atoms with E-state index in [2.05, 4.69) is 11.9 Å². The molecule has 0 amide bonds. The molecule has 1 heterocycles. The Morgan fingerprint density at radius 2 is 1.94 bits per heavy atom. The zero-order valence-corrected chi connectivity index (χ0v) is 10.8. The van der Waals surface area contributed by atoms with Crippen LogP contribution >= 0.6 is 0 Å². The molecule has 18 heavy (non-hydrogen) atoms. The minimum Gasteiger partial charge on any atom is -0.494 e. The van der Waals surface area contributed by atoms with Crippen molar-refractivity contribution in [2.75, 3.05) is 13.2 Å². The van der Waals surface area contributed by atoms with Gasteiger partial charge in [-0.25, -0.2) is 4.98 Å². The Hall–Kier alpha value is -1.97. The topological polar surface area (TPSA) is 36.3 Å². The van der Waals surface area contributed by atoms with E-state index in [1.54, 1.807) is 10.9 Å². The molecule has 0 atom stereocenters. The lowest BCUT2D eigenvalue weighted by Gasteiger charge is -2.09. The molecule has 0 radical (unpaired) electrons. The smallest absolute Gasteiger partial charge is 0.175 e. The second-order valence-corrected chi connectivity index (χ2v) is 3.87. The number of ether oxygens (including phenoxy) is 1. The molecule has 0 bridgehead atoms. The van der Waals surface area contributed by atoms with Gasteiger partial charge in [-0.15, -0.1) is 0 Å². The van der Waals surface area contributed by atoms with Crippen LogP contribution in [0.3, 0.4) is 0 Å². The van der Waals surface area contributed by atoms with Gasteiger partial charge >= 0.3 is 0 Å². The highest BCUT2D eigenvalue weighted by Crippen LogP contribution is 2.20. The van der Waals surface area contributed by atoms with Gasteiger partial charge in [0.15, 0.2) is 5.82 Å². The molecule has 1 aromatic heterocycles. The molecule has 4 heteroatoms. The van der Waals surface area contributed by atoms with Gasteiger partial charge in [-0.2, -0.15) is 4.73 Å². The predicted molar refractivity (Wildman–Crippen MR) is 70.6 cm³/mol. The van der Waals surface area contributed by atoms with E-state index in [4.69, 9.17) is 9.57 Å². The third-order valence-corrected chi connectivity index (χ3v) is 2.47. The van der Waals surface area contributed by atoms with E-state index in [-0.39, 0.29) is 0 Å². The Morgan fingerprint density at radius 1 is 1.17 bits per heavy atom. The summed E-state index contributed by atoms with van der Waals surface area (Å²) in [4.78, 5) is 9.89. The summed E-state index contributed by atoms with van der Waals surface area (Å²) < 4.78 is 7.12. The average Bonchev–Trinajstić information content (AvgIpc) is 2.86. The van der Waals surface area contributed by atoms with Crippen molar-refractivity contribution in [2.45, 2.75) is 20.3 Å². The van der Waals surface area contributed by atoms with Crippen molar-refractivity contribution < 1.29 is 9.57 Å². The molecule has 1 aromatic carbocycles. The van der Waals surface area contributed by atoms with Gasteiger partial charge in [0, 0.05) is 11.8 Å². The van der Waals surface area contributed by atoms with Crippen LogP contribution in [0.1, 0.15) is 20.3 Å². The first-order valence-corrected chi connectivity index (χ1v) is 6.25. The lowest BCUT2D eigenvalue weighted by atomic mass is 10.2. The SMILES string of the molecule is CCCOn1ccnc1-c1ccc(OCC)cc1. The largest absolute Gasteiger partial charge is 0.494 e. The van der Waals surface area contributed by atoms with Crippen molar-refractivity contribution in [2.24, 2.45) is 0 Å². The Morgan fingerprint density at radius 3 is 2.61 bits per heavy atom. The van der Waals surface area contributed by atoms with Gasteiger partial charge in [0.05, 0.1) is 12.8 Å². The molecule has 0 N–H and O–H groups in total. The molecule has 0 aliphatic rings. The Labute approximate surface area is 107 Å². The van der Waals surface area contributed by atoms with Gasteiger partial charge in [0.1, 0.15) is 12.4 Å².